The Kier molecular flexibility index (Phi) is 42.1. The number of hydrogen-bond donors (Lipinski definition) is 2. The normalized spacial score (nSPS) is 11.7. The molecule has 0 bridgehead atoms. The molecule has 6 heteroatoms. The van der Waals surface area contributed by atoms with Crippen molar-refractivity contribution in [1.82, 2.24) is 10.6 Å². The number of ether oxygens (including phenoxy) is 2. The van der Waals surface area contributed by atoms with E-state index in [1.165, 1.54) is 180 Å². The zero-order chi connectivity index (χ0) is 39.5. The fraction of sp³-hybridized carbons (Fsp3) is 0.958. The Labute approximate surface area is 338 Å². The third-order valence-electron chi connectivity index (χ3n) is 11.2. The van der Waals surface area contributed by atoms with Gasteiger partial charge < -0.3 is 20.1 Å². The minimum atomic E-state index is -0.811. The quantitative estimate of drug-likeness (QED) is 0.0606. The molecular weight excluding hydrogens is 669 g/mol. The highest BCUT2D eigenvalue weighted by Crippen LogP contribution is 2.29. The number of rotatable bonds is 45. The highest BCUT2D eigenvalue weighted by molar-refractivity contribution is 5.85. The van der Waals surface area contributed by atoms with Gasteiger partial charge in [0.2, 0.25) is 5.91 Å². The molecule has 2 amide bonds. The van der Waals surface area contributed by atoms with Gasteiger partial charge in [-0.2, -0.15) is 0 Å². The first-order valence-electron chi connectivity index (χ1n) is 24.3. The van der Waals surface area contributed by atoms with E-state index in [2.05, 4.69) is 31.4 Å². The lowest BCUT2D eigenvalue weighted by molar-refractivity contribution is -0.153. The van der Waals surface area contributed by atoms with Crippen LogP contribution in [0.5, 0.6) is 0 Å². The highest BCUT2D eigenvalue weighted by Gasteiger charge is 2.38. The molecule has 0 aliphatic rings. The van der Waals surface area contributed by atoms with Crippen LogP contribution in [0.1, 0.15) is 259 Å². The van der Waals surface area contributed by atoms with E-state index in [9.17, 15) is 9.59 Å². The molecule has 2 N–H and O–H groups in total. The molecule has 0 spiro atoms. The van der Waals surface area contributed by atoms with Gasteiger partial charge in [-0.15, -0.1) is 0 Å². The van der Waals surface area contributed by atoms with E-state index in [4.69, 9.17) is 9.47 Å². The predicted octanol–water partition coefficient (Wildman–Crippen LogP) is 14.1. The molecule has 6 nitrogen and oxygen atoms in total. The smallest absolute Gasteiger partial charge is 0.252 e. The Hall–Kier alpha value is -1.14. The molecule has 0 saturated heterocycles. The molecule has 0 heterocycles. The molecular formula is C48H96N2O4. The van der Waals surface area contributed by atoms with E-state index in [0.29, 0.717) is 26.3 Å². The third kappa shape index (κ3) is 35.3. The SMILES string of the molecule is CCCCCCCCCCCCCCCCCCC(CCCCCCCCCCCCCCCCCC)(OCCOCC(=O)NCCC)C(=O)NCCC. The summed E-state index contributed by atoms with van der Waals surface area (Å²) < 4.78 is 12.2. The summed E-state index contributed by atoms with van der Waals surface area (Å²) in [6.45, 7) is 10.8. The Morgan fingerprint density at radius 3 is 1.04 bits per heavy atom. The van der Waals surface area contributed by atoms with Gasteiger partial charge in [0.25, 0.3) is 5.91 Å². The van der Waals surface area contributed by atoms with E-state index in [0.717, 1.165) is 51.4 Å². The van der Waals surface area contributed by atoms with E-state index >= 15 is 0 Å². The molecule has 0 fully saturated rings. The van der Waals surface area contributed by atoms with E-state index < -0.39 is 5.60 Å². The fourth-order valence-corrected chi connectivity index (χ4v) is 7.66. The lowest BCUT2D eigenvalue weighted by Crippen LogP contribution is -2.49. The number of amides is 2. The summed E-state index contributed by atoms with van der Waals surface area (Å²) in [6.07, 6.45) is 46.2. The van der Waals surface area contributed by atoms with Crippen LogP contribution in [0.15, 0.2) is 0 Å². The van der Waals surface area contributed by atoms with Crippen LogP contribution in [0, 0.1) is 0 Å². The largest absolute Gasteiger partial charge is 0.369 e. The summed E-state index contributed by atoms with van der Waals surface area (Å²) in [7, 11) is 0. The molecule has 0 radical (unpaired) electrons. The van der Waals surface area contributed by atoms with Crippen LogP contribution in [0.25, 0.3) is 0 Å². The van der Waals surface area contributed by atoms with Crippen molar-refractivity contribution < 1.29 is 19.1 Å². The highest BCUT2D eigenvalue weighted by atomic mass is 16.5. The van der Waals surface area contributed by atoms with Crippen molar-refractivity contribution in [3.05, 3.63) is 0 Å². The molecule has 322 valence electrons. The molecule has 0 rings (SSSR count). The van der Waals surface area contributed by atoms with Crippen LogP contribution in [0.3, 0.4) is 0 Å². The lowest BCUT2D eigenvalue weighted by Gasteiger charge is -2.33. The van der Waals surface area contributed by atoms with Gasteiger partial charge in [0, 0.05) is 13.1 Å². The Balaban J connectivity index is 4.61. The monoisotopic (exact) mass is 765 g/mol. The van der Waals surface area contributed by atoms with Crippen LogP contribution in [0.2, 0.25) is 0 Å². The minimum Gasteiger partial charge on any atom is -0.369 e. The fourth-order valence-electron chi connectivity index (χ4n) is 7.66. The Morgan fingerprint density at radius 2 is 0.704 bits per heavy atom. The second-order valence-corrected chi connectivity index (χ2v) is 16.6. The number of unbranched alkanes of at least 4 members (excludes halogenated alkanes) is 30. The molecule has 0 aromatic heterocycles. The summed E-state index contributed by atoms with van der Waals surface area (Å²) in [5, 5.41) is 6.05. The number of hydrogen-bond acceptors (Lipinski definition) is 4. The van der Waals surface area contributed by atoms with Crippen LogP contribution in [-0.2, 0) is 19.1 Å². The molecule has 54 heavy (non-hydrogen) atoms. The summed E-state index contributed by atoms with van der Waals surface area (Å²) in [5.41, 5.74) is -0.811. The first-order valence-corrected chi connectivity index (χ1v) is 24.3. The van der Waals surface area contributed by atoms with Crippen LogP contribution in [-0.4, -0.2) is 50.3 Å². The van der Waals surface area contributed by atoms with Gasteiger partial charge in [-0.05, 0) is 25.7 Å². The molecule has 0 unspecified atom stereocenters. The maximum atomic E-state index is 13.8. The number of nitrogens with one attached hydrogen (secondary N) is 2. The van der Waals surface area contributed by atoms with Crippen molar-refractivity contribution in [1.29, 1.82) is 0 Å². The number of carbonyl (C=O) groups is 2. The van der Waals surface area contributed by atoms with Crippen molar-refractivity contribution in [2.45, 2.75) is 264 Å². The van der Waals surface area contributed by atoms with Crippen LogP contribution >= 0.6 is 0 Å². The predicted molar refractivity (Wildman–Crippen MR) is 234 cm³/mol. The van der Waals surface area contributed by atoms with E-state index in [1.54, 1.807) is 0 Å². The summed E-state index contributed by atoms with van der Waals surface area (Å²) in [6, 6.07) is 0. The zero-order valence-electron chi connectivity index (χ0n) is 37.1. The average Bonchev–Trinajstić information content (AvgIpc) is 3.18. The summed E-state index contributed by atoms with van der Waals surface area (Å²) in [5.74, 6) is -0.0444. The van der Waals surface area contributed by atoms with Crippen molar-refractivity contribution in [3.63, 3.8) is 0 Å². The second-order valence-electron chi connectivity index (χ2n) is 16.6. The van der Waals surface area contributed by atoms with Gasteiger partial charge in [-0.1, -0.05) is 233 Å². The first-order chi connectivity index (χ1) is 26.6. The van der Waals surface area contributed by atoms with E-state index in [1.807, 2.05) is 6.92 Å². The maximum Gasteiger partial charge on any atom is 0.252 e. The van der Waals surface area contributed by atoms with Crippen molar-refractivity contribution >= 4 is 11.8 Å². The average molecular weight is 765 g/mol. The van der Waals surface area contributed by atoms with Crippen LogP contribution in [0.4, 0.5) is 0 Å². The summed E-state index contributed by atoms with van der Waals surface area (Å²) in [4.78, 5) is 25.8. The molecule has 0 aliphatic heterocycles. The standard InChI is InChI=1S/C48H96N2O4/c1-5-9-11-13-15-17-19-21-23-25-27-29-31-33-35-37-39-48(47(52)50-42-8-4,54-44-43-53-45-46(51)49-41-7-3)40-38-36-34-32-30-28-26-24-22-20-18-16-14-12-10-6-2/h5-45H2,1-4H3,(H,49,51)(H,50,52). The molecule has 0 saturated carbocycles. The topological polar surface area (TPSA) is 76.7 Å². The van der Waals surface area contributed by atoms with Crippen molar-refractivity contribution in [2.24, 2.45) is 0 Å². The Morgan fingerprint density at radius 1 is 0.389 bits per heavy atom. The first kappa shape index (κ1) is 52.9. The van der Waals surface area contributed by atoms with Gasteiger partial charge in [0.05, 0.1) is 13.2 Å². The third-order valence-corrected chi connectivity index (χ3v) is 11.2. The second kappa shape index (κ2) is 43.0. The molecule has 0 aromatic rings. The maximum absolute atomic E-state index is 13.8. The van der Waals surface area contributed by atoms with Crippen LogP contribution < -0.4 is 10.6 Å². The Bertz CT molecular complexity index is 740. The van der Waals surface area contributed by atoms with Gasteiger partial charge in [-0.3, -0.25) is 9.59 Å². The number of carbonyl (C=O) groups excluding carboxylic acids is 2. The van der Waals surface area contributed by atoms with Crippen molar-refractivity contribution in [3.8, 4) is 0 Å². The zero-order valence-corrected chi connectivity index (χ0v) is 37.1. The van der Waals surface area contributed by atoms with Gasteiger partial charge in [0.15, 0.2) is 0 Å². The van der Waals surface area contributed by atoms with Gasteiger partial charge in [-0.25, -0.2) is 0 Å². The van der Waals surface area contributed by atoms with Crippen molar-refractivity contribution in [2.75, 3.05) is 32.9 Å². The van der Waals surface area contributed by atoms with E-state index in [-0.39, 0.29) is 18.4 Å². The van der Waals surface area contributed by atoms with Gasteiger partial charge >= 0.3 is 0 Å². The summed E-state index contributed by atoms with van der Waals surface area (Å²) >= 11 is 0. The molecule has 0 aliphatic carbocycles. The molecule has 0 aromatic carbocycles. The lowest BCUT2D eigenvalue weighted by atomic mass is 9.88. The molecule has 0 atom stereocenters. The minimum absolute atomic E-state index is 0.0383. The van der Waals surface area contributed by atoms with Gasteiger partial charge in [0.1, 0.15) is 12.2 Å².